The van der Waals surface area contributed by atoms with Crippen LogP contribution in [-0.2, 0) is 14.2 Å². The first kappa shape index (κ1) is 11.1. The number of hydrogen-bond donors (Lipinski definition) is 3. The molecule has 0 fully saturated rings. The van der Waals surface area contributed by atoms with Gasteiger partial charge in [-0.1, -0.05) is 0 Å². The van der Waals surface area contributed by atoms with Crippen molar-refractivity contribution in [3.05, 3.63) is 0 Å². The maximum Gasteiger partial charge on any atom is 0.307 e. The largest absolute Gasteiger partial charge is 0.481 e. The van der Waals surface area contributed by atoms with Crippen molar-refractivity contribution >= 4 is 20.0 Å². The number of carboxylic acids is 2. The van der Waals surface area contributed by atoms with Crippen LogP contribution in [0, 0.1) is 5.92 Å². The van der Waals surface area contributed by atoms with E-state index < -0.39 is 38.5 Å². The third-order valence-electron chi connectivity index (χ3n) is 1.19. The zero-order valence-corrected chi connectivity index (χ0v) is 7.06. The Morgan fingerprint density at radius 3 is 2.08 bits per heavy atom. The van der Waals surface area contributed by atoms with Gasteiger partial charge >= 0.3 is 11.9 Å². The maximum atomic E-state index is 10.3. The van der Waals surface area contributed by atoms with Crippen LogP contribution in [0.15, 0.2) is 0 Å². The Morgan fingerprint density at radius 2 is 1.83 bits per heavy atom. The van der Waals surface area contributed by atoms with Gasteiger partial charge in [0.1, 0.15) is 0 Å². The molecule has 0 aliphatic heterocycles. The van der Waals surface area contributed by atoms with Gasteiger partial charge in [0.15, 0.2) is 8.03 Å². The van der Waals surface area contributed by atoms with Gasteiger partial charge in [-0.25, -0.2) is 0 Å². The molecule has 0 spiro atoms. The number of hydrogen-bond acceptors (Lipinski definition) is 3. The molecule has 0 radical (unpaired) electrons. The molecule has 0 aromatic rings. The molecule has 0 aromatic heterocycles. The van der Waals surface area contributed by atoms with Gasteiger partial charge in [0.05, 0.1) is 12.3 Å². The van der Waals surface area contributed by atoms with Gasteiger partial charge in [-0.2, -0.15) is 0 Å². The molecule has 0 saturated carbocycles. The molecule has 0 amide bonds. The fourth-order valence-corrected chi connectivity index (χ4v) is 1.41. The first-order valence-corrected chi connectivity index (χ1v) is 4.66. The molecule has 3 N–H and O–H groups in total. The standard InChI is InChI=1S/C5H9O6P/c6-4(7)1-3(5(8)9)2-12(10)11/h3,12H,1-2H2,(H,6,7)(H,8,9)(H,10,11). The van der Waals surface area contributed by atoms with Crippen LogP contribution in [-0.4, -0.2) is 33.2 Å². The number of rotatable bonds is 5. The minimum absolute atomic E-state index is 0.480. The average molecular weight is 196 g/mol. The zero-order chi connectivity index (χ0) is 9.72. The van der Waals surface area contributed by atoms with E-state index in [-0.39, 0.29) is 0 Å². The SMILES string of the molecule is O=C(O)CC(C[PH](=O)O)C(=O)O. The van der Waals surface area contributed by atoms with E-state index in [0.717, 1.165) is 0 Å². The molecule has 0 saturated heterocycles. The summed E-state index contributed by atoms with van der Waals surface area (Å²) in [7, 11) is -2.92. The summed E-state index contributed by atoms with van der Waals surface area (Å²) in [5.74, 6) is -3.91. The fourth-order valence-electron chi connectivity index (χ4n) is 0.668. The van der Waals surface area contributed by atoms with Crippen LogP contribution in [0.5, 0.6) is 0 Å². The lowest BCUT2D eigenvalue weighted by Gasteiger charge is -2.05. The third-order valence-corrected chi connectivity index (χ3v) is 2.03. The van der Waals surface area contributed by atoms with Gasteiger partial charge in [-0.05, 0) is 0 Å². The van der Waals surface area contributed by atoms with Gasteiger partial charge in [0.2, 0.25) is 0 Å². The number of aliphatic carboxylic acids is 2. The summed E-state index contributed by atoms with van der Waals surface area (Å²) in [6.45, 7) is 0. The van der Waals surface area contributed by atoms with E-state index in [0.29, 0.717) is 0 Å². The van der Waals surface area contributed by atoms with Crippen molar-refractivity contribution in [3.8, 4) is 0 Å². The van der Waals surface area contributed by atoms with Crippen LogP contribution in [0.2, 0.25) is 0 Å². The summed E-state index contributed by atoms with van der Waals surface area (Å²) >= 11 is 0. The molecule has 0 aliphatic rings. The Morgan fingerprint density at radius 1 is 1.33 bits per heavy atom. The summed E-state index contributed by atoms with van der Waals surface area (Å²) in [6.07, 6.45) is -1.10. The van der Waals surface area contributed by atoms with Crippen LogP contribution >= 0.6 is 8.03 Å². The van der Waals surface area contributed by atoms with Crippen LogP contribution < -0.4 is 0 Å². The molecule has 70 valence electrons. The second kappa shape index (κ2) is 4.90. The van der Waals surface area contributed by atoms with Crippen molar-refractivity contribution in [2.75, 3.05) is 6.16 Å². The molecule has 0 aromatic carbocycles. The Kier molecular flexibility index (Phi) is 4.54. The Balaban J connectivity index is 4.14. The van der Waals surface area contributed by atoms with Gasteiger partial charge in [-0.15, -0.1) is 0 Å². The Bertz CT molecular complexity index is 196. The molecule has 6 nitrogen and oxygen atoms in total. The molecule has 7 heteroatoms. The Hall–Kier alpha value is -0.870. The molecule has 2 atom stereocenters. The van der Waals surface area contributed by atoms with E-state index in [9.17, 15) is 14.2 Å². The smallest absolute Gasteiger partial charge is 0.307 e. The second-order valence-electron chi connectivity index (χ2n) is 2.23. The quantitative estimate of drug-likeness (QED) is 0.517. The zero-order valence-electron chi connectivity index (χ0n) is 6.06. The van der Waals surface area contributed by atoms with Crippen LogP contribution in [0.1, 0.15) is 6.42 Å². The summed E-state index contributed by atoms with van der Waals surface area (Å²) in [4.78, 5) is 28.7. The monoisotopic (exact) mass is 196 g/mol. The Labute approximate surface area is 68.7 Å². The predicted octanol–water partition coefficient (Wildman–Crippen LogP) is -0.371. The van der Waals surface area contributed by atoms with Crippen LogP contribution in [0.4, 0.5) is 0 Å². The summed E-state index contributed by atoms with van der Waals surface area (Å²) < 4.78 is 10.2. The topological polar surface area (TPSA) is 112 Å². The second-order valence-corrected chi connectivity index (χ2v) is 3.43. The molecule has 12 heavy (non-hydrogen) atoms. The number of carbonyl (C=O) groups is 2. The predicted molar refractivity (Wildman–Crippen MR) is 39.5 cm³/mol. The van der Waals surface area contributed by atoms with Crippen LogP contribution in [0.25, 0.3) is 0 Å². The third kappa shape index (κ3) is 4.87. The molecular formula is C5H9O6P. The van der Waals surface area contributed by atoms with Gasteiger partial charge in [0.25, 0.3) is 0 Å². The van der Waals surface area contributed by atoms with Gasteiger partial charge in [0, 0.05) is 6.16 Å². The highest BCUT2D eigenvalue weighted by molar-refractivity contribution is 7.38. The van der Waals surface area contributed by atoms with E-state index in [2.05, 4.69) is 0 Å². The van der Waals surface area contributed by atoms with E-state index in [1.807, 2.05) is 0 Å². The van der Waals surface area contributed by atoms with E-state index in [1.165, 1.54) is 0 Å². The molecule has 0 aliphatic carbocycles. The lowest BCUT2D eigenvalue weighted by molar-refractivity contribution is -0.147. The lowest BCUT2D eigenvalue weighted by Crippen LogP contribution is -2.19. The maximum absolute atomic E-state index is 10.3. The highest BCUT2D eigenvalue weighted by Gasteiger charge is 2.22. The van der Waals surface area contributed by atoms with E-state index in [4.69, 9.17) is 15.1 Å². The summed E-state index contributed by atoms with van der Waals surface area (Å²) in [5, 5.41) is 16.6. The molecular weight excluding hydrogens is 187 g/mol. The van der Waals surface area contributed by atoms with E-state index >= 15 is 0 Å². The van der Waals surface area contributed by atoms with Crippen molar-refractivity contribution < 1.29 is 29.3 Å². The van der Waals surface area contributed by atoms with Crippen molar-refractivity contribution in [2.24, 2.45) is 5.92 Å². The minimum atomic E-state index is -2.92. The van der Waals surface area contributed by atoms with Crippen molar-refractivity contribution in [1.29, 1.82) is 0 Å². The highest BCUT2D eigenvalue weighted by atomic mass is 31.1. The minimum Gasteiger partial charge on any atom is -0.481 e. The molecule has 0 heterocycles. The van der Waals surface area contributed by atoms with Crippen molar-refractivity contribution in [3.63, 3.8) is 0 Å². The van der Waals surface area contributed by atoms with Crippen LogP contribution in [0.3, 0.4) is 0 Å². The highest BCUT2D eigenvalue weighted by Crippen LogP contribution is 2.20. The first-order chi connectivity index (χ1) is 5.43. The van der Waals surface area contributed by atoms with Gasteiger partial charge < -0.3 is 15.1 Å². The lowest BCUT2D eigenvalue weighted by atomic mass is 10.1. The molecule has 2 unspecified atom stereocenters. The normalized spacial score (nSPS) is 15.1. The summed E-state index contributed by atoms with van der Waals surface area (Å²) in [6, 6.07) is 0. The first-order valence-electron chi connectivity index (χ1n) is 3.10. The average Bonchev–Trinajstić information content (AvgIpc) is 1.83. The number of carboxylic acid groups (broad SMARTS) is 2. The molecule has 0 bridgehead atoms. The van der Waals surface area contributed by atoms with E-state index in [1.54, 1.807) is 0 Å². The van der Waals surface area contributed by atoms with Crippen molar-refractivity contribution in [2.45, 2.75) is 6.42 Å². The fraction of sp³-hybridized carbons (Fsp3) is 0.600. The van der Waals surface area contributed by atoms with Gasteiger partial charge in [-0.3, -0.25) is 14.2 Å². The van der Waals surface area contributed by atoms with Crippen molar-refractivity contribution in [1.82, 2.24) is 0 Å². The molecule has 0 rings (SSSR count). The summed E-state index contributed by atoms with van der Waals surface area (Å²) in [5.41, 5.74) is 0.